The predicted molar refractivity (Wildman–Crippen MR) is 30.0 cm³/mol. The molecule has 0 saturated carbocycles. The van der Waals surface area contributed by atoms with E-state index in [0.717, 1.165) is 0 Å². The first-order valence-electron chi connectivity index (χ1n) is 1.33. The fraction of sp³-hybridized carbons (Fsp3) is 0. The van der Waals surface area contributed by atoms with Crippen LogP contribution in [0.15, 0.2) is 11.1 Å². The predicted octanol–water partition coefficient (Wildman–Crippen LogP) is 0.831. The molecule has 0 unspecified atom stereocenters. The number of hydrogen-bond donors (Lipinski definition) is 2. The Morgan fingerprint density at radius 3 is 2.00 bits per heavy atom. The number of hydrogen-bond acceptors (Lipinski definition) is 1. The molecule has 3 heteroatoms. The molecular weight excluding hydrogens is 144 g/mol. The molecule has 3 N–H and O–H groups in total. The van der Waals surface area contributed by atoms with Gasteiger partial charge in [-0.2, -0.15) is 0 Å². The molecule has 0 saturated heterocycles. The van der Waals surface area contributed by atoms with E-state index in [1.807, 2.05) is 0 Å². The molecule has 2 nitrogen and oxygen atoms in total. The smallest absolute Gasteiger partial charge is 0.129 e. The molecule has 0 spiro atoms. The zero-order chi connectivity index (χ0) is 5.15. The number of rotatable bonds is 1. The minimum atomic E-state index is -0.0185. The number of amidine groups is 1. The van der Waals surface area contributed by atoms with E-state index in [1.165, 1.54) is 0 Å². The van der Waals surface area contributed by atoms with E-state index in [2.05, 4.69) is 22.5 Å². The second kappa shape index (κ2) is 1.97. The third-order valence-corrected chi connectivity index (χ3v) is 0.719. The third-order valence-electron chi connectivity index (χ3n) is 0.292. The maximum absolute atomic E-state index is 6.58. The highest BCUT2D eigenvalue weighted by molar-refractivity contribution is 9.12. The van der Waals surface area contributed by atoms with E-state index in [1.54, 1.807) is 0 Å². The van der Waals surface area contributed by atoms with Gasteiger partial charge in [0.15, 0.2) is 0 Å². The van der Waals surface area contributed by atoms with E-state index >= 15 is 0 Å². The van der Waals surface area contributed by atoms with E-state index in [9.17, 15) is 0 Å². The van der Waals surface area contributed by atoms with Gasteiger partial charge in [-0.25, -0.2) is 0 Å². The highest BCUT2D eigenvalue weighted by atomic mass is 79.9. The van der Waals surface area contributed by atoms with E-state index in [4.69, 9.17) is 11.1 Å². The summed E-state index contributed by atoms with van der Waals surface area (Å²) < 4.78 is 0.433. The summed E-state index contributed by atoms with van der Waals surface area (Å²) in [6.45, 7) is 3.32. The lowest BCUT2D eigenvalue weighted by Gasteiger charge is -1.84. The molecule has 0 amide bonds. The standard InChI is InChI=1S/C3H5BrN2/c1-2(4)3(5)6/h1H2,(H3,5,6). The van der Waals surface area contributed by atoms with Gasteiger partial charge in [0.05, 0.1) is 4.48 Å². The Morgan fingerprint density at radius 2 is 2.00 bits per heavy atom. The van der Waals surface area contributed by atoms with Crippen molar-refractivity contribution in [3.63, 3.8) is 0 Å². The number of nitrogens with two attached hydrogens (primary N) is 1. The molecule has 0 rings (SSSR count). The molecule has 0 aliphatic rings. The quantitative estimate of drug-likeness (QED) is 0.421. The Kier molecular flexibility index (Phi) is 1.87. The van der Waals surface area contributed by atoms with Gasteiger partial charge in [-0.3, -0.25) is 5.41 Å². The first-order valence-corrected chi connectivity index (χ1v) is 2.12. The number of nitrogens with one attached hydrogen (secondary N) is 1. The summed E-state index contributed by atoms with van der Waals surface area (Å²) in [5.74, 6) is -0.0185. The lowest BCUT2D eigenvalue weighted by atomic mass is 10.6. The Balaban J connectivity index is 3.57. The summed E-state index contributed by atoms with van der Waals surface area (Å²) in [5, 5.41) is 6.58. The molecule has 0 aliphatic heterocycles. The topological polar surface area (TPSA) is 49.9 Å². The second-order valence-corrected chi connectivity index (χ2v) is 1.78. The van der Waals surface area contributed by atoms with Gasteiger partial charge in [0, 0.05) is 0 Å². The van der Waals surface area contributed by atoms with Gasteiger partial charge in [0.2, 0.25) is 0 Å². The normalized spacial score (nSPS) is 7.50. The molecular formula is C3H5BrN2. The van der Waals surface area contributed by atoms with Crippen molar-refractivity contribution >= 4 is 21.8 Å². The van der Waals surface area contributed by atoms with Crippen LogP contribution >= 0.6 is 15.9 Å². The Labute approximate surface area is 44.7 Å². The fourth-order valence-electron chi connectivity index (χ4n) is 0. The van der Waals surface area contributed by atoms with Gasteiger partial charge in [-0.15, -0.1) is 0 Å². The number of halogens is 1. The maximum Gasteiger partial charge on any atom is 0.129 e. The molecule has 0 aliphatic carbocycles. The van der Waals surface area contributed by atoms with Crippen molar-refractivity contribution in [3.8, 4) is 0 Å². The molecule has 34 valence electrons. The Hall–Kier alpha value is -0.310. The van der Waals surface area contributed by atoms with Gasteiger partial charge < -0.3 is 5.73 Å². The molecule has 0 aromatic rings. The van der Waals surface area contributed by atoms with Crippen LogP contribution in [0, 0.1) is 5.41 Å². The van der Waals surface area contributed by atoms with Crippen molar-refractivity contribution in [1.29, 1.82) is 5.41 Å². The van der Waals surface area contributed by atoms with Gasteiger partial charge in [0.25, 0.3) is 0 Å². The minimum Gasteiger partial charge on any atom is -0.383 e. The molecule has 0 aromatic heterocycles. The summed E-state index contributed by atoms with van der Waals surface area (Å²) in [6.07, 6.45) is 0. The largest absolute Gasteiger partial charge is 0.383 e. The molecule has 0 fully saturated rings. The molecule has 6 heavy (non-hydrogen) atoms. The average Bonchev–Trinajstić information content (AvgIpc) is 1.36. The van der Waals surface area contributed by atoms with Crippen LogP contribution in [0.1, 0.15) is 0 Å². The van der Waals surface area contributed by atoms with Crippen LogP contribution in [0.3, 0.4) is 0 Å². The highest BCUT2D eigenvalue weighted by Crippen LogP contribution is 1.95. The van der Waals surface area contributed by atoms with Crippen LogP contribution in [-0.2, 0) is 0 Å². The fourth-order valence-corrected chi connectivity index (χ4v) is 0. The average molecular weight is 149 g/mol. The Morgan fingerprint density at radius 1 is 1.83 bits per heavy atom. The van der Waals surface area contributed by atoms with Gasteiger partial charge in [0.1, 0.15) is 5.84 Å². The molecule has 0 atom stereocenters. The van der Waals surface area contributed by atoms with Crippen LogP contribution < -0.4 is 5.73 Å². The van der Waals surface area contributed by atoms with Gasteiger partial charge in [-0.1, -0.05) is 6.58 Å². The van der Waals surface area contributed by atoms with Crippen LogP contribution in [0.2, 0.25) is 0 Å². The van der Waals surface area contributed by atoms with Crippen molar-refractivity contribution < 1.29 is 0 Å². The lowest BCUT2D eigenvalue weighted by molar-refractivity contribution is 1.46. The summed E-state index contributed by atoms with van der Waals surface area (Å²) in [6, 6.07) is 0. The minimum absolute atomic E-state index is 0.0185. The summed E-state index contributed by atoms with van der Waals surface area (Å²) in [4.78, 5) is 0. The zero-order valence-electron chi connectivity index (χ0n) is 3.16. The van der Waals surface area contributed by atoms with Gasteiger partial charge >= 0.3 is 0 Å². The third kappa shape index (κ3) is 1.96. The van der Waals surface area contributed by atoms with Crippen molar-refractivity contribution in [3.05, 3.63) is 11.1 Å². The summed E-state index contributed by atoms with van der Waals surface area (Å²) in [5.41, 5.74) is 4.87. The maximum atomic E-state index is 6.58. The van der Waals surface area contributed by atoms with E-state index in [0.29, 0.717) is 4.48 Å². The van der Waals surface area contributed by atoms with E-state index < -0.39 is 0 Å². The molecule has 0 aromatic carbocycles. The summed E-state index contributed by atoms with van der Waals surface area (Å²) in [7, 11) is 0. The monoisotopic (exact) mass is 148 g/mol. The molecule has 0 heterocycles. The Bertz CT molecular complexity index is 74.8. The zero-order valence-corrected chi connectivity index (χ0v) is 4.75. The first-order chi connectivity index (χ1) is 2.64. The first kappa shape index (κ1) is 5.69. The molecule has 0 radical (unpaired) electrons. The van der Waals surface area contributed by atoms with Crippen LogP contribution in [-0.4, -0.2) is 5.84 Å². The van der Waals surface area contributed by atoms with E-state index in [-0.39, 0.29) is 5.84 Å². The van der Waals surface area contributed by atoms with Crippen LogP contribution in [0.25, 0.3) is 0 Å². The van der Waals surface area contributed by atoms with Crippen molar-refractivity contribution in [2.75, 3.05) is 0 Å². The van der Waals surface area contributed by atoms with Crippen LogP contribution in [0.4, 0.5) is 0 Å². The lowest BCUT2D eigenvalue weighted by Crippen LogP contribution is -2.07. The summed E-state index contributed by atoms with van der Waals surface area (Å²) >= 11 is 2.89. The highest BCUT2D eigenvalue weighted by Gasteiger charge is 1.83. The SMILES string of the molecule is C=C(Br)C(=N)N. The van der Waals surface area contributed by atoms with Crippen LogP contribution in [0.5, 0.6) is 0 Å². The van der Waals surface area contributed by atoms with Crippen molar-refractivity contribution in [2.45, 2.75) is 0 Å². The van der Waals surface area contributed by atoms with Crippen molar-refractivity contribution in [1.82, 2.24) is 0 Å². The second-order valence-electron chi connectivity index (χ2n) is 0.819. The van der Waals surface area contributed by atoms with Gasteiger partial charge in [-0.05, 0) is 15.9 Å². The van der Waals surface area contributed by atoms with Crippen molar-refractivity contribution in [2.24, 2.45) is 5.73 Å². The molecule has 0 bridgehead atoms.